The molecule has 0 aromatic heterocycles. The van der Waals surface area contributed by atoms with Gasteiger partial charge >= 0.3 is 0 Å². The summed E-state index contributed by atoms with van der Waals surface area (Å²) in [6, 6.07) is 13.0. The van der Waals surface area contributed by atoms with E-state index in [2.05, 4.69) is 30.4 Å². The lowest BCUT2D eigenvalue weighted by Gasteiger charge is -2.15. The van der Waals surface area contributed by atoms with Crippen LogP contribution < -0.4 is 10.1 Å². The Morgan fingerprint density at radius 2 is 1.95 bits per heavy atom. The predicted octanol–water partition coefficient (Wildman–Crippen LogP) is 4.58. The summed E-state index contributed by atoms with van der Waals surface area (Å²) in [4.78, 5) is 0. The normalized spacial score (nSPS) is 14.2. The number of benzene rings is 2. The van der Waals surface area contributed by atoms with Crippen molar-refractivity contribution in [3.63, 3.8) is 0 Å². The van der Waals surface area contributed by atoms with E-state index in [9.17, 15) is 0 Å². The van der Waals surface area contributed by atoms with Crippen molar-refractivity contribution >= 4 is 11.6 Å². The van der Waals surface area contributed by atoms with E-state index in [1.807, 2.05) is 18.2 Å². The number of methoxy groups -OCH3 is 1. The zero-order valence-corrected chi connectivity index (χ0v) is 13.2. The molecule has 1 saturated carbocycles. The molecule has 1 aliphatic carbocycles. The van der Waals surface area contributed by atoms with Crippen molar-refractivity contribution in [3.05, 3.63) is 52.5 Å². The maximum Gasteiger partial charge on any atom is 0.126 e. The Balaban J connectivity index is 2.01. The molecule has 0 heterocycles. The molecule has 0 bridgehead atoms. The first-order valence-electron chi connectivity index (χ1n) is 7.34. The molecule has 1 N–H and O–H groups in total. The minimum atomic E-state index is 0.677. The Morgan fingerprint density at radius 1 is 1.14 bits per heavy atom. The van der Waals surface area contributed by atoms with Crippen LogP contribution in [0.15, 0.2) is 36.4 Å². The van der Waals surface area contributed by atoms with E-state index in [1.54, 1.807) is 7.11 Å². The standard InChI is InChI=1S/C18H20ClNO/c1-12-3-8-18(21-2)17(9-12)16-7-4-14(19)10-13(16)11-20-15-5-6-15/h3-4,7-10,15,20H,5-6,11H2,1-2H3. The molecule has 0 saturated heterocycles. The molecule has 0 aliphatic heterocycles. The molecule has 0 unspecified atom stereocenters. The van der Waals surface area contributed by atoms with E-state index in [-0.39, 0.29) is 0 Å². The number of rotatable bonds is 5. The van der Waals surface area contributed by atoms with Gasteiger partial charge in [0, 0.05) is 23.2 Å². The van der Waals surface area contributed by atoms with Crippen LogP contribution in [0.2, 0.25) is 5.02 Å². The van der Waals surface area contributed by atoms with E-state index >= 15 is 0 Å². The van der Waals surface area contributed by atoms with Gasteiger partial charge in [0.1, 0.15) is 5.75 Å². The maximum atomic E-state index is 6.18. The van der Waals surface area contributed by atoms with Crippen LogP contribution in [0, 0.1) is 6.92 Å². The van der Waals surface area contributed by atoms with E-state index in [0.29, 0.717) is 6.04 Å². The van der Waals surface area contributed by atoms with Crippen LogP contribution in [-0.2, 0) is 6.54 Å². The van der Waals surface area contributed by atoms with Gasteiger partial charge in [-0.25, -0.2) is 0 Å². The van der Waals surface area contributed by atoms with Gasteiger partial charge in [0.15, 0.2) is 0 Å². The van der Waals surface area contributed by atoms with Gasteiger partial charge in [0.2, 0.25) is 0 Å². The first-order chi connectivity index (χ1) is 10.2. The van der Waals surface area contributed by atoms with Gasteiger partial charge in [-0.15, -0.1) is 0 Å². The molecule has 2 nitrogen and oxygen atoms in total. The molecular formula is C18H20ClNO. The number of ether oxygens (including phenoxy) is 1. The van der Waals surface area contributed by atoms with Crippen molar-refractivity contribution in [2.75, 3.05) is 7.11 Å². The fourth-order valence-electron chi connectivity index (χ4n) is 2.55. The number of hydrogen-bond acceptors (Lipinski definition) is 2. The summed E-state index contributed by atoms with van der Waals surface area (Å²) >= 11 is 6.18. The smallest absolute Gasteiger partial charge is 0.126 e. The molecule has 110 valence electrons. The highest BCUT2D eigenvalue weighted by atomic mass is 35.5. The van der Waals surface area contributed by atoms with Crippen LogP contribution in [0.5, 0.6) is 5.75 Å². The van der Waals surface area contributed by atoms with E-state index < -0.39 is 0 Å². The molecule has 2 aromatic carbocycles. The Hall–Kier alpha value is -1.51. The third kappa shape index (κ3) is 3.39. The first kappa shape index (κ1) is 14.4. The highest BCUT2D eigenvalue weighted by Gasteiger charge is 2.21. The Labute approximate surface area is 131 Å². The third-order valence-corrected chi connectivity index (χ3v) is 4.11. The molecule has 1 fully saturated rings. The fraction of sp³-hybridized carbons (Fsp3) is 0.333. The predicted molar refractivity (Wildman–Crippen MR) is 88.0 cm³/mol. The monoisotopic (exact) mass is 301 g/mol. The molecular weight excluding hydrogens is 282 g/mol. The number of halogens is 1. The van der Waals surface area contributed by atoms with Crippen LogP contribution in [0.4, 0.5) is 0 Å². The Morgan fingerprint density at radius 3 is 2.67 bits per heavy atom. The quantitative estimate of drug-likeness (QED) is 0.873. The van der Waals surface area contributed by atoms with Crippen molar-refractivity contribution in [3.8, 4) is 16.9 Å². The van der Waals surface area contributed by atoms with Gasteiger partial charge in [0.25, 0.3) is 0 Å². The average Bonchev–Trinajstić information content (AvgIpc) is 3.29. The van der Waals surface area contributed by atoms with Crippen LogP contribution in [-0.4, -0.2) is 13.2 Å². The van der Waals surface area contributed by atoms with E-state index in [4.69, 9.17) is 16.3 Å². The zero-order valence-electron chi connectivity index (χ0n) is 12.4. The maximum absolute atomic E-state index is 6.18. The zero-order chi connectivity index (χ0) is 14.8. The summed E-state index contributed by atoms with van der Waals surface area (Å²) in [6.45, 7) is 2.94. The minimum Gasteiger partial charge on any atom is -0.496 e. The fourth-order valence-corrected chi connectivity index (χ4v) is 2.74. The van der Waals surface area contributed by atoms with E-state index in [0.717, 1.165) is 22.9 Å². The lowest BCUT2D eigenvalue weighted by atomic mass is 9.97. The summed E-state index contributed by atoms with van der Waals surface area (Å²) in [5.74, 6) is 0.899. The van der Waals surface area contributed by atoms with Crippen LogP contribution in [0.3, 0.4) is 0 Å². The summed E-state index contributed by atoms with van der Waals surface area (Å²) in [6.07, 6.45) is 2.56. The molecule has 0 amide bonds. The lowest BCUT2D eigenvalue weighted by molar-refractivity contribution is 0.416. The topological polar surface area (TPSA) is 21.3 Å². The van der Waals surface area contributed by atoms with Crippen LogP contribution in [0.25, 0.3) is 11.1 Å². The summed E-state index contributed by atoms with van der Waals surface area (Å²) in [7, 11) is 1.71. The molecule has 0 spiro atoms. The highest BCUT2D eigenvalue weighted by Crippen LogP contribution is 2.34. The number of hydrogen-bond donors (Lipinski definition) is 1. The molecule has 0 atom stereocenters. The Bertz CT molecular complexity index is 650. The Kier molecular flexibility index (Phi) is 4.18. The second-order valence-corrected chi connectivity index (χ2v) is 6.10. The molecule has 3 rings (SSSR count). The SMILES string of the molecule is COc1ccc(C)cc1-c1ccc(Cl)cc1CNC1CC1. The second-order valence-electron chi connectivity index (χ2n) is 5.66. The summed E-state index contributed by atoms with van der Waals surface area (Å²) < 4.78 is 5.52. The highest BCUT2D eigenvalue weighted by molar-refractivity contribution is 6.30. The largest absolute Gasteiger partial charge is 0.496 e. The van der Waals surface area contributed by atoms with Crippen molar-refractivity contribution in [1.29, 1.82) is 0 Å². The number of nitrogens with one attached hydrogen (secondary N) is 1. The van der Waals surface area contributed by atoms with Gasteiger partial charge in [0.05, 0.1) is 7.11 Å². The summed E-state index contributed by atoms with van der Waals surface area (Å²) in [5, 5.41) is 4.34. The third-order valence-electron chi connectivity index (χ3n) is 3.87. The van der Waals surface area contributed by atoms with Crippen molar-refractivity contribution in [2.45, 2.75) is 32.4 Å². The van der Waals surface area contributed by atoms with Crippen LogP contribution >= 0.6 is 11.6 Å². The number of aryl methyl sites for hydroxylation is 1. The van der Waals surface area contributed by atoms with Gasteiger partial charge in [-0.1, -0.05) is 29.3 Å². The van der Waals surface area contributed by atoms with Crippen LogP contribution in [0.1, 0.15) is 24.0 Å². The molecule has 2 aromatic rings. The second kappa shape index (κ2) is 6.08. The minimum absolute atomic E-state index is 0.677. The van der Waals surface area contributed by atoms with Gasteiger partial charge in [-0.2, -0.15) is 0 Å². The molecule has 3 heteroatoms. The average molecular weight is 302 g/mol. The van der Waals surface area contributed by atoms with Gasteiger partial charge < -0.3 is 10.1 Å². The van der Waals surface area contributed by atoms with Gasteiger partial charge in [-0.05, 0) is 55.2 Å². The lowest BCUT2D eigenvalue weighted by Crippen LogP contribution is -2.16. The van der Waals surface area contributed by atoms with Crippen molar-refractivity contribution in [2.24, 2.45) is 0 Å². The van der Waals surface area contributed by atoms with Crippen molar-refractivity contribution < 1.29 is 4.74 Å². The van der Waals surface area contributed by atoms with Crippen molar-refractivity contribution in [1.82, 2.24) is 5.32 Å². The first-order valence-corrected chi connectivity index (χ1v) is 7.72. The van der Waals surface area contributed by atoms with Gasteiger partial charge in [-0.3, -0.25) is 0 Å². The summed E-state index contributed by atoms with van der Waals surface area (Å²) in [5.41, 5.74) is 4.76. The molecule has 21 heavy (non-hydrogen) atoms. The molecule has 0 radical (unpaired) electrons. The molecule has 1 aliphatic rings. The van der Waals surface area contributed by atoms with E-state index in [1.165, 1.54) is 29.5 Å².